The fourth-order valence-electron chi connectivity index (χ4n) is 4.12. The van der Waals surface area contributed by atoms with Gasteiger partial charge in [0.05, 0.1) is 0 Å². The van der Waals surface area contributed by atoms with E-state index in [0.29, 0.717) is 18.7 Å². The molecule has 0 radical (unpaired) electrons. The van der Waals surface area contributed by atoms with Crippen LogP contribution in [0.3, 0.4) is 0 Å². The molecule has 2 amide bonds. The summed E-state index contributed by atoms with van der Waals surface area (Å²) < 4.78 is 0.765. The molecule has 7 heteroatoms. The molecular formula is C27H27BrN4O2. The van der Waals surface area contributed by atoms with E-state index in [0.717, 1.165) is 26.5 Å². The third-order valence-electron chi connectivity index (χ3n) is 5.78. The van der Waals surface area contributed by atoms with Gasteiger partial charge in [-0.1, -0.05) is 70.5 Å². The van der Waals surface area contributed by atoms with Crippen LogP contribution in [0.25, 0.3) is 10.9 Å². The average Bonchev–Trinajstić information content (AvgIpc) is 3.26. The molecule has 34 heavy (non-hydrogen) atoms. The molecule has 1 aromatic heterocycles. The quantitative estimate of drug-likeness (QED) is 0.290. The number of H-pyrrole nitrogens is 1. The maximum atomic E-state index is 13.6. The molecular weight excluding hydrogens is 492 g/mol. The van der Waals surface area contributed by atoms with Gasteiger partial charge in [-0.15, -0.1) is 0 Å². The Labute approximate surface area is 207 Å². The highest BCUT2D eigenvalue weighted by Gasteiger charge is 2.32. The zero-order valence-electron chi connectivity index (χ0n) is 18.7. The van der Waals surface area contributed by atoms with Crippen molar-refractivity contribution in [2.45, 2.75) is 18.9 Å². The minimum absolute atomic E-state index is 0.160. The number of para-hydroxylation sites is 2. The number of benzene rings is 3. The van der Waals surface area contributed by atoms with Gasteiger partial charge in [-0.05, 0) is 41.8 Å². The Kier molecular flexibility index (Phi) is 7.77. The van der Waals surface area contributed by atoms with Gasteiger partial charge >= 0.3 is 0 Å². The van der Waals surface area contributed by atoms with Gasteiger partial charge in [0, 0.05) is 46.8 Å². The molecule has 3 aromatic carbocycles. The largest absolute Gasteiger partial charge is 0.361 e. The number of hydrogen-bond acceptors (Lipinski definition) is 3. The van der Waals surface area contributed by atoms with Crippen LogP contribution < -0.4 is 11.1 Å². The number of carbonyl (C=O) groups excluding carboxylic acids is 2. The molecule has 174 valence electrons. The Morgan fingerprint density at radius 2 is 1.68 bits per heavy atom. The first-order valence-electron chi connectivity index (χ1n) is 11.2. The number of nitrogens with two attached hydrogens (primary N) is 1. The summed E-state index contributed by atoms with van der Waals surface area (Å²) in [5.41, 5.74) is 9.27. The van der Waals surface area contributed by atoms with E-state index < -0.39 is 6.04 Å². The zero-order valence-corrected chi connectivity index (χ0v) is 20.3. The number of fused-ring (bicyclic) bond motifs is 1. The number of carbonyl (C=O) groups is 2. The van der Waals surface area contributed by atoms with Crippen molar-refractivity contribution in [3.8, 4) is 0 Å². The van der Waals surface area contributed by atoms with Crippen LogP contribution in [-0.2, 0) is 16.0 Å². The molecule has 0 saturated heterocycles. The molecule has 1 heterocycles. The number of anilines is 1. The topological polar surface area (TPSA) is 91.2 Å². The summed E-state index contributed by atoms with van der Waals surface area (Å²) in [6.07, 6.45) is 2.72. The zero-order chi connectivity index (χ0) is 23.9. The second kappa shape index (κ2) is 11.1. The van der Waals surface area contributed by atoms with E-state index in [1.165, 1.54) is 0 Å². The lowest BCUT2D eigenvalue weighted by atomic mass is 10.0. The van der Waals surface area contributed by atoms with Crippen LogP contribution in [0.1, 0.15) is 23.6 Å². The molecule has 4 aromatic rings. The lowest BCUT2D eigenvalue weighted by molar-refractivity contribution is -0.138. The Morgan fingerprint density at radius 3 is 2.44 bits per heavy atom. The van der Waals surface area contributed by atoms with E-state index >= 15 is 0 Å². The number of nitrogens with zero attached hydrogens (tertiary/aromatic N) is 1. The van der Waals surface area contributed by atoms with E-state index in [9.17, 15) is 9.59 Å². The third-order valence-corrected chi connectivity index (χ3v) is 6.50. The lowest BCUT2D eigenvalue weighted by Crippen LogP contribution is -2.43. The summed E-state index contributed by atoms with van der Waals surface area (Å²) >= 11 is 3.58. The number of hydrogen-bond donors (Lipinski definition) is 3. The normalized spacial score (nSPS) is 11.8. The first-order chi connectivity index (χ1) is 16.6. The highest BCUT2D eigenvalue weighted by Crippen LogP contribution is 2.30. The van der Waals surface area contributed by atoms with E-state index in [4.69, 9.17) is 5.73 Å². The van der Waals surface area contributed by atoms with Crippen molar-refractivity contribution >= 4 is 44.3 Å². The van der Waals surface area contributed by atoms with Crippen LogP contribution in [-0.4, -0.2) is 34.8 Å². The highest BCUT2D eigenvalue weighted by atomic mass is 79.9. The number of aromatic nitrogens is 1. The van der Waals surface area contributed by atoms with Crippen LogP contribution in [0.2, 0.25) is 0 Å². The number of amides is 2. The molecule has 0 aliphatic heterocycles. The van der Waals surface area contributed by atoms with Crippen molar-refractivity contribution in [3.05, 3.63) is 101 Å². The third kappa shape index (κ3) is 5.38. The number of rotatable bonds is 9. The van der Waals surface area contributed by atoms with E-state index in [1.807, 2.05) is 79.0 Å². The second-order valence-corrected chi connectivity index (χ2v) is 8.87. The fraction of sp³-hybridized carbons (Fsp3) is 0.185. The van der Waals surface area contributed by atoms with Crippen LogP contribution in [0, 0.1) is 0 Å². The van der Waals surface area contributed by atoms with Gasteiger partial charge in [-0.2, -0.15) is 0 Å². The van der Waals surface area contributed by atoms with Gasteiger partial charge in [-0.3, -0.25) is 9.59 Å². The van der Waals surface area contributed by atoms with Crippen LogP contribution in [0.5, 0.6) is 0 Å². The number of aromatic amines is 1. The van der Waals surface area contributed by atoms with E-state index in [-0.39, 0.29) is 24.8 Å². The summed E-state index contributed by atoms with van der Waals surface area (Å²) in [5.74, 6) is -0.436. The number of nitrogens with one attached hydrogen (secondary N) is 2. The van der Waals surface area contributed by atoms with Gasteiger partial charge in [0.1, 0.15) is 6.04 Å². The summed E-state index contributed by atoms with van der Waals surface area (Å²) in [7, 11) is 0. The SMILES string of the molecule is NCCC(=O)N(CCc1c[nH]c2ccccc12)C(C(=O)Nc1ccccc1)c1ccccc1Br. The summed E-state index contributed by atoms with van der Waals surface area (Å²) in [6.45, 7) is 0.584. The number of halogens is 1. The average molecular weight is 519 g/mol. The van der Waals surface area contributed by atoms with Crippen molar-refractivity contribution in [1.82, 2.24) is 9.88 Å². The minimum Gasteiger partial charge on any atom is -0.361 e. The van der Waals surface area contributed by atoms with E-state index in [2.05, 4.69) is 32.3 Å². The molecule has 0 bridgehead atoms. The van der Waals surface area contributed by atoms with Gasteiger partial charge in [0.25, 0.3) is 5.91 Å². The standard InChI is InChI=1S/C27H27BrN4O2/c28-23-12-6-4-11-22(23)26(27(34)31-20-8-2-1-3-9-20)32(25(33)14-16-29)17-15-19-18-30-24-13-7-5-10-21(19)24/h1-13,18,26,30H,14-17,29H2,(H,31,34). The molecule has 1 unspecified atom stereocenters. The molecule has 1 atom stereocenters. The van der Waals surface area contributed by atoms with Crippen molar-refractivity contribution in [3.63, 3.8) is 0 Å². The van der Waals surface area contributed by atoms with Crippen molar-refractivity contribution < 1.29 is 9.59 Å². The van der Waals surface area contributed by atoms with Gasteiger partial charge in [0.15, 0.2) is 0 Å². The van der Waals surface area contributed by atoms with Crippen LogP contribution in [0.4, 0.5) is 5.69 Å². The maximum absolute atomic E-state index is 13.6. The molecule has 4 N–H and O–H groups in total. The van der Waals surface area contributed by atoms with Crippen LogP contribution in [0.15, 0.2) is 89.5 Å². The van der Waals surface area contributed by atoms with E-state index in [1.54, 1.807) is 4.90 Å². The predicted octanol–water partition coefficient (Wildman–Crippen LogP) is 5.03. The lowest BCUT2D eigenvalue weighted by Gasteiger charge is -2.32. The summed E-state index contributed by atoms with van der Waals surface area (Å²) in [4.78, 5) is 31.8. The first-order valence-corrected chi connectivity index (χ1v) is 12.0. The predicted molar refractivity (Wildman–Crippen MR) is 139 cm³/mol. The van der Waals surface area contributed by atoms with Gasteiger partial charge in [0.2, 0.25) is 5.91 Å². The fourth-order valence-corrected chi connectivity index (χ4v) is 4.63. The van der Waals surface area contributed by atoms with Gasteiger partial charge in [-0.25, -0.2) is 0 Å². The molecule has 6 nitrogen and oxygen atoms in total. The summed E-state index contributed by atoms with van der Waals surface area (Å²) in [5, 5.41) is 4.09. The summed E-state index contributed by atoms with van der Waals surface area (Å²) in [6, 6.07) is 24.0. The molecule has 0 spiro atoms. The molecule has 4 rings (SSSR count). The minimum atomic E-state index is -0.819. The monoisotopic (exact) mass is 518 g/mol. The Hall–Kier alpha value is -3.42. The molecule has 0 aliphatic carbocycles. The Morgan fingerprint density at radius 1 is 0.971 bits per heavy atom. The maximum Gasteiger partial charge on any atom is 0.251 e. The smallest absolute Gasteiger partial charge is 0.251 e. The van der Waals surface area contributed by atoms with Crippen LogP contribution >= 0.6 is 15.9 Å². The van der Waals surface area contributed by atoms with Crippen molar-refractivity contribution in [2.24, 2.45) is 5.73 Å². The first kappa shape index (κ1) is 23.7. The molecule has 0 saturated carbocycles. The second-order valence-electron chi connectivity index (χ2n) is 8.01. The van der Waals surface area contributed by atoms with Crippen molar-refractivity contribution in [2.75, 3.05) is 18.4 Å². The Bertz CT molecular complexity index is 1270. The molecule has 0 aliphatic rings. The molecule has 0 fully saturated rings. The van der Waals surface area contributed by atoms with Crippen molar-refractivity contribution in [1.29, 1.82) is 0 Å². The Balaban J connectivity index is 1.69. The highest BCUT2D eigenvalue weighted by molar-refractivity contribution is 9.10. The van der Waals surface area contributed by atoms with Gasteiger partial charge < -0.3 is 20.9 Å².